The molecule has 1 atom stereocenters. The molecule has 3 aromatic carbocycles. The number of amides is 4. The Labute approximate surface area is 203 Å². The lowest BCUT2D eigenvalue weighted by Crippen LogP contribution is -2.40. The Morgan fingerprint density at radius 2 is 1.12 bits per heavy atom. The lowest BCUT2D eigenvalue weighted by Gasteiger charge is -2.29. The van der Waals surface area contributed by atoms with Gasteiger partial charge in [-0.2, -0.15) is 0 Å². The van der Waals surface area contributed by atoms with E-state index in [1.807, 2.05) is 72.8 Å². The lowest BCUT2D eigenvalue weighted by atomic mass is 9.96. The summed E-state index contributed by atoms with van der Waals surface area (Å²) in [6, 6.07) is 24.6. The topological polar surface area (TPSA) is 47.1 Å². The van der Waals surface area contributed by atoms with Crippen LogP contribution in [0.3, 0.4) is 0 Å². The fourth-order valence-corrected chi connectivity index (χ4v) is 3.88. The predicted molar refractivity (Wildman–Crippen MR) is 142 cm³/mol. The molecule has 6 nitrogen and oxygen atoms in total. The molecular formula is C28H34N4O2. The largest absolute Gasteiger partial charge is 0.328 e. The summed E-state index contributed by atoms with van der Waals surface area (Å²) >= 11 is 0. The third-order valence-corrected chi connectivity index (χ3v) is 6.34. The van der Waals surface area contributed by atoms with Crippen LogP contribution in [0.1, 0.15) is 31.7 Å². The van der Waals surface area contributed by atoms with Gasteiger partial charge in [0.05, 0.1) is 0 Å². The first-order valence-electron chi connectivity index (χ1n) is 11.5. The molecule has 0 saturated heterocycles. The third kappa shape index (κ3) is 5.22. The molecule has 0 radical (unpaired) electrons. The summed E-state index contributed by atoms with van der Waals surface area (Å²) in [6.07, 6.45) is 0.995. The van der Waals surface area contributed by atoms with Crippen molar-refractivity contribution in [3.8, 4) is 0 Å². The summed E-state index contributed by atoms with van der Waals surface area (Å²) in [7, 11) is 7.03. The first-order chi connectivity index (χ1) is 16.3. The molecule has 6 heteroatoms. The van der Waals surface area contributed by atoms with Crippen molar-refractivity contribution in [2.45, 2.75) is 26.2 Å². The number of nitrogens with zero attached hydrogens (tertiary/aromatic N) is 4. The molecule has 4 amide bonds. The van der Waals surface area contributed by atoms with Crippen LogP contribution in [-0.2, 0) is 0 Å². The van der Waals surface area contributed by atoms with Crippen LogP contribution in [0.5, 0.6) is 0 Å². The van der Waals surface area contributed by atoms with Gasteiger partial charge in [0, 0.05) is 50.9 Å². The maximum atomic E-state index is 13.4. The van der Waals surface area contributed by atoms with Gasteiger partial charge < -0.3 is 0 Å². The van der Waals surface area contributed by atoms with Gasteiger partial charge in [-0.1, -0.05) is 56.3 Å². The molecular weight excluding hydrogens is 424 g/mol. The molecule has 0 aliphatic rings. The summed E-state index contributed by atoms with van der Waals surface area (Å²) in [5.74, 6) is 0.348. The number of benzene rings is 3. The van der Waals surface area contributed by atoms with E-state index >= 15 is 0 Å². The minimum Gasteiger partial charge on any atom is -0.297 e. The van der Waals surface area contributed by atoms with Gasteiger partial charge in [-0.3, -0.25) is 19.6 Å². The number of hydrogen-bond acceptors (Lipinski definition) is 2. The van der Waals surface area contributed by atoms with E-state index in [0.29, 0.717) is 17.3 Å². The van der Waals surface area contributed by atoms with Crippen molar-refractivity contribution >= 4 is 34.8 Å². The molecule has 0 aromatic heterocycles. The second kappa shape index (κ2) is 10.9. The smallest absolute Gasteiger partial charge is 0.297 e. The molecule has 0 bridgehead atoms. The van der Waals surface area contributed by atoms with E-state index in [0.717, 1.165) is 23.4 Å². The maximum Gasteiger partial charge on any atom is 0.328 e. The van der Waals surface area contributed by atoms with Crippen molar-refractivity contribution in [1.29, 1.82) is 0 Å². The van der Waals surface area contributed by atoms with E-state index in [4.69, 9.17) is 0 Å². The summed E-state index contributed by atoms with van der Waals surface area (Å²) in [5, 5.41) is 0. The van der Waals surface area contributed by atoms with Gasteiger partial charge in [-0.15, -0.1) is 0 Å². The van der Waals surface area contributed by atoms with Gasteiger partial charge in [-0.05, 0) is 54.3 Å². The summed E-state index contributed by atoms with van der Waals surface area (Å²) in [6.45, 7) is 4.32. The Morgan fingerprint density at radius 3 is 1.71 bits per heavy atom. The van der Waals surface area contributed by atoms with Crippen molar-refractivity contribution < 1.29 is 9.59 Å². The zero-order valence-corrected chi connectivity index (χ0v) is 20.9. The maximum absolute atomic E-state index is 13.4. The molecule has 3 aromatic rings. The van der Waals surface area contributed by atoms with Gasteiger partial charge >= 0.3 is 12.1 Å². The Kier molecular flexibility index (Phi) is 7.95. The Hall–Kier alpha value is -3.80. The number of carbonyl (C=O) groups is 2. The summed E-state index contributed by atoms with van der Waals surface area (Å²) in [5.41, 5.74) is 4.27. The molecule has 3 rings (SSSR count). The van der Waals surface area contributed by atoms with E-state index in [1.54, 1.807) is 47.8 Å². The van der Waals surface area contributed by atoms with Crippen LogP contribution >= 0.6 is 0 Å². The van der Waals surface area contributed by atoms with Crippen molar-refractivity contribution in [1.82, 2.24) is 0 Å². The fraction of sp³-hybridized carbons (Fsp3) is 0.286. The standard InChI is InChI=1S/C28H34N4O2/c1-7-21(2)25-18-11-12-19-26(25)32(6)28(34)31(5)24-17-13-16-23(20-24)30(4)27(33)29(3)22-14-9-8-10-15-22/h8-21H,7H2,1-6H3/t21-/m0/s1. The van der Waals surface area contributed by atoms with Crippen LogP contribution in [-0.4, -0.2) is 40.3 Å². The molecule has 0 spiro atoms. The Morgan fingerprint density at radius 1 is 0.647 bits per heavy atom. The van der Waals surface area contributed by atoms with Crippen molar-refractivity contribution in [3.63, 3.8) is 0 Å². The highest BCUT2D eigenvalue weighted by Gasteiger charge is 2.22. The normalized spacial score (nSPS) is 11.5. The van der Waals surface area contributed by atoms with Gasteiger partial charge in [0.1, 0.15) is 0 Å². The minimum atomic E-state index is -0.170. The number of hydrogen-bond donors (Lipinski definition) is 0. The monoisotopic (exact) mass is 458 g/mol. The van der Waals surface area contributed by atoms with Crippen LogP contribution in [0.25, 0.3) is 0 Å². The SMILES string of the molecule is CC[C@H](C)c1ccccc1N(C)C(=O)N(C)c1cccc(N(C)C(=O)N(C)c2ccccc2)c1. The summed E-state index contributed by atoms with van der Waals surface area (Å²) in [4.78, 5) is 32.9. The zero-order chi connectivity index (χ0) is 24.8. The van der Waals surface area contributed by atoms with Gasteiger partial charge in [0.2, 0.25) is 0 Å². The number of para-hydroxylation sites is 2. The van der Waals surface area contributed by atoms with Crippen LogP contribution in [0.2, 0.25) is 0 Å². The van der Waals surface area contributed by atoms with E-state index in [2.05, 4.69) is 19.9 Å². The van der Waals surface area contributed by atoms with E-state index in [9.17, 15) is 9.59 Å². The minimum absolute atomic E-state index is 0.150. The van der Waals surface area contributed by atoms with Gasteiger partial charge in [0.15, 0.2) is 0 Å². The molecule has 0 fully saturated rings. The number of carbonyl (C=O) groups excluding carboxylic acids is 2. The number of urea groups is 2. The molecule has 0 unspecified atom stereocenters. The van der Waals surface area contributed by atoms with Crippen LogP contribution in [0.4, 0.5) is 32.3 Å². The van der Waals surface area contributed by atoms with Crippen LogP contribution in [0, 0.1) is 0 Å². The first kappa shape index (κ1) is 24.8. The fourth-order valence-electron chi connectivity index (χ4n) is 3.88. The molecule has 0 saturated carbocycles. The number of rotatable bonds is 6. The lowest BCUT2D eigenvalue weighted by molar-refractivity contribution is 0.253. The second-order valence-corrected chi connectivity index (χ2v) is 8.52. The van der Waals surface area contributed by atoms with Gasteiger partial charge in [-0.25, -0.2) is 9.59 Å². The Balaban J connectivity index is 1.81. The second-order valence-electron chi connectivity index (χ2n) is 8.52. The number of anilines is 4. The molecule has 0 aliphatic carbocycles. The van der Waals surface area contributed by atoms with E-state index in [1.165, 1.54) is 0 Å². The highest BCUT2D eigenvalue weighted by atomic mass is 16.2. The zero-order valence-electron chi connectivity index (χ0n) is 20.9. The highest BCUT2D eigenvalue weighted by Crippen LogP contribution is 2.30. The molecule has 178 valence electrons. The molecule has 34 heavy (non-hydrogen) atoms. The van der Waals surface area contributed by atoms with E-state index in [-0.39, 0.29) is 12.1 Å². The van der Waals surface area contributed by atoms with Crippen molar-refractivity contribution in [3.05, 3.63) is 84.4 Å². The highest BCUT2D eigenvalue weighted by molar-refractivity contribution is 6.05. The summed E-state index contributed by atoms with van der Waals surface area (Å²) < 4.78 is 0. The molecule has 0 N–H and O–H groups in total. The average molecular weight is 459 g/mol. The van der Waals surface area contributed by atoms with Gasteiger partial charge in [0.25, 0.3) is 0 Å². The molecule has 0 heterocycles. The first-order valence-corrected chi connectivity index (χ1v) is 11.5. The van der Waals surface area contributed by atoms with Crippen LogP contribution in [0.15, 0.2) is 78.9 Å². The third-order valence-electron chi connectivity index (χ3n) is 6.34. The van der Waals surface area contributed by atoms with Crippen LogP contribution < -0.4 is 19.6 Å². The van der Waals surface area contributed by atoms with Crippen molar-refractivity contribution in [2.75, 3.05) is 47.8 Å². The molecule has 0 aliphatic heterocycles. The Bertz CT molecular complexity index is 1130. The van der Waals surface area contributed by atoms with E-state index < -0.39 is 0 Å². The van der Waals surface area contributed by atoms with Crippen molar-refractivity contribution in [2.24, 2.45) is 0 Å². The quantitative estimate of drug-likeness (QED) is 0.419. The predicted octanol–water partition coefficient (Wildman–Crippen LogP) is 6.59. The average Bonchev–Trinajstić information content (AvgIpc) is 2.90.